The average Bonchev–Trinajstić information content (AvgIpc) is 3.47. The number of likely N-dealkylation sites (tertiary alicyclic amines) is 1. The standard InChI is InChI=1S/C33H35N5/c1-24(25(2)37-30-12-13-31(36-22-30)23-38-15-7-8-16-38)32-19-28(11-14-33(32)34-3)29-18-27(20-35-21-29)17-26-9-5-4-6-10-26/h4-6,9-14,18-22,34,37H,1-2,7-8,15-17,23H2,3H3. The highest BCUT2D eigenvalue weighted by atomic mass is 15.1. The number of hydrogen-bond donors (Lipinski definition) is 2. The lowest BCUT2D eigenvalue weighted by atomic mass is 9.96. The van der Waals surface area contributed by atoms with Crippen molar-refractivity contribution in [3.63, 3.8) is 0 Å². The molecular weight excluding hydrogens is 466 g/mol. The molecule has 5 rings (SSSR count). The van der Waals surface area contributed by atoms with Crippen LogP contribution in [0.25, 0.3) is 16.7 Å². The summed E-state index contributed by atoms with van der Waals surface area (Å²) < 4.78 is 0. The van der Waals surface area contributed by atoms with E-state index in [0.29, 0.717) is 0 Å². The molecule has 0 amide bonds. The third-order valence-electron chi connectivity index (χ3n) is 7.06. The van der Waals surface area contributed by atoms with Gasteiger partial charge in [-0.2, -0.15) is 0 Å². The fourth-order valence-corrected chi connectivity index (χ4v) is 4.94. The van der Waals surface area contributed by atoms with E-state index in [-0.39, 0.29) is 0 Å². The zero-order valence-corrected chi connectivity index (χ0v) is 22.1. The minimum absolute atomic E-state index is 0.740. The van der Waals surface area contributed by atoms with Crippen LogP contribution in [0, 0.1) is 0 Å². The first-order chi connectivity index (χ1) is 18.6. The Labute approximate surface area is 226 Å². The number of nitrogens with zero attached hydrogens (tertiary/aromatic N) is 3. The highest BCUT2D eigenvalue weighted by molar-refractivity contribution is 5.88. The van der Waals surface area contributed by atoms with Crippen LogP contribution in [0.15, 0.2) is 104 Å². The number of anilines is 2. The lowest BCUT2D eigenvalue weighted by molar-refractivity contribution is 0.327. The Balaban J connectivity index is 1.31. The summed E-state index contributed by atoms with van der Waals surface area (Å²) in [4.78, 5) is 11.6. The van der Waals surface area contributed by atoms with Crippen LogP contribution >= 0.6 is 0 Å². The lowest BCUT2D eigenvalue weighted by Crippen LogP contribution is -2.19. The van der Waals surface area contributed by atoms with Gasteiger partial charge in [0.05, 0.1) is 17.6 Å². The summed E-state index contributed by atoms with van der Waals surface area (Å²) in [5, 5.41) is 6.70. The van der Waals surface area contributed by atoms with E-state index >= 15 is 0 Å². The molecule has 4 aromatic rings. The van der Waals surface area contributed by atoms with Crippen LogP contribution in [0.2, 0.25) is 0 Å². The molecule has 2 aromatic carbocycles. The Morgan fingerprint density at radius 1 is 0.868 bits per heavy atom. The van der Waals surface area contributed by atoms with E-state index in [1.54, 1.807) is 0 Å². The number of allylic oxidation sites excluding steroid dienone is 1. The van der Waals surface area contributed by atoms with Crippen LogP contribution in [-0.4, -0.2) is 35.0 Å². The van der Waals surface area contributed by atoms with Crippen LogP contribution < -0.4 is 10.6 Å². The smallest absolute Gasteiger partial charge is 0.0570 e. The Morgan fingerprint density at radius 2 is 1.68 bits per heavy atom. The number of nitrogens with one attached hydrogen (secondary N) is 2. The topological polar surface area (TPSA) is 53.1 Å². The van der Waals surface area contributed by atoms with Gasteiger partial charge in [0.1, 0.15) is 0 Å². The minimum atomic E-state index is 0.740. The van der Waals surface area contributed by atoms with Gasteiger partial charge >= 0.3 is 0 Å². The number of rotatable bonds is 10. The molecule has 192 valence electrons. The highest BCUT2D eigenvalue weighted by Crippen LogP contribution is 2.32. The summed E-state index contributed by atoms with van der Waals surface area (Å²) in [7, 11) is 1.92. The van der Waals surface area contributed by atoms with Crippen LogP contribution in [0.5, 0.6) is 0 Å². The van der Waals surface area contributed by atoms with Gasteiger partial charge in [-0.15, -0.1) is 0 Å². The molecule has 38 heavy (non-hydrogen) atoms. The molecule has 0 saturated carbocycles. The van der Waals surface area contributed by atoms with Gasteiger partial charge < -0.3 is 10.6 Å². The molecule has 0 bridgehead atoms. The van der Waals surface area contributed by atoms with Crippen molar-refractivity contribution in [2.45, 2.75) is 25.8 Å². The third-order valence-corrected chi connectivity index (χ3v) is 7.06. The second-order valence-corrected chi connectivity index (χ2v) is 9.86. The van der Waals surface area contributed by atoms with Crippen LogP contribution in [0.4, 0.5) is 11.4 Å². The number of aromatic nitrogens is 2. The summed E-state index contributed by atoms with van der Waals surface area (Å²) in [6.45, 7) is 11.9. The van der Waals surface area contributed by atoms with Crippen LogP contribution in [0.1, 0.15) is 35.2 Å². The first kappa shape index (κ1) is 25.4. The van der Waals surface area contributed by atoms with Gasteiger partial charge in [-0.25, -0.2) is 0 Å². The summed E-state index contributed by atoms with van der Waals surface area (Å²) in [5.41, 5.74) is 10.2. The summed E-state index contributed by atoms with van der Waals surface area (Å²) in [5.74, 6) is 0. The number of benzene rings is 2. The fraction of sp³-hybridized carbons (Fsp3) is 0.212. The number of pyridine rings is 2. The van der Waals surface area contributed by atoms with Crippen molar-refractivity contribution in [3.05, 3.63) is 127 Å². The van der Waals surface area contributed by atoms with Crippen LogP contribution in [0.3, 0.4) is 0 Å². The van der Waals surface area contributed by atoms with Gasteiger partial charge in [0.2, 0.25) is 0 Å². The van der Waals surface area contributed by atoms with E-state index in [1.807, 2.05) is 31.7 Å². The van der Waals surface area contributed by atoms with Crippen molar-refractivity contribution in [2.24, 2.45) is 0 Å². The molecule has 0 radical (unpaired) electrons. The molecule has 1 aliphatic rings. The molecule has 1 aliphatic heterocycles. The van der Waals surface area contributed by atoms with E-state index in [9.17, 15) is 0 Å². The molecule has 5 heteroatoms. The molecule has 0 spiro atoms. The quantitative estimate of drug-likeness (QED) is 0.229. The first-order valence-electron chi connectivity index (χ1n) is 13.2. The Kier molecular flexibility index (Phi) is 7.95. The molecule has 1 saturated heterocycles. The van der Waals surface area contributed by atoms with E-state index < -0.39 is 0 Å². The van der Waals surface area contributed by atoms with Gasteiger partial charge in [0.15, 0.2) is 0 Å². The number of hydrogen-bond acceptors (Lipinski definition) is 5. The maximum atomic E-state index is 4.66. The monoisotopic (exact) mass is 501 g/mol. The summed E-state index contributed by atoms with van der Waals surface area (Å²) in [6, 6.07) is 23.2. The maximum absolute atomic E-state index is 4.66. The van der Waals surface area contributed by atoms with Gasteiger partial charge in [-0.05, 0) is 84.9 Å². The van der Waals surface area contributed by atoms with Crippen molar-refractivity contribution in [1.82, 2.24) is 14.9 Å². The van der Waals surface area contributed by atoms with Crippen molar-refractivity contribution in [3.8, 4) is 11.1 Å². The van der Waals surface area contributed by atoms with Gasteiger partial charge in [-0.3, -0.25) is 14.9 Å². The molecule has 5 nitrogen and oxygen atoms in total. The van der Waals surface area contributed by atoms with Gasteiger partial charge in [-0.1, -0.05) is 49.6 Å². The molecule has 1 fully saturated rings. The summed E-state index contributed by atoms with van der Waals surface area (Å²) in [6.07, 6.45) is 9.15. The Bertz CT molecular complexity index is 1400. The SMILES string of the molecule is C=C(Nc1ccc(CN2CCCC2)nc1)C(=C)c1cc(-c2cncc(Cc3ccccc3)c2)ccc1NC. The molecule has 2 N–H and O–H groups in total. The molecule has 0 atom stereocenters. The van der Waals surface area contributed by atoms with Crippen LogP contribution in [-0.2, 0) is 13.0 Å². The van der Waals surface area contributed by atoms with Crippen molar-refractivity contribution in [2.75, 3.05) is 30.8 Å². The second-order valence-electron chi connectivity index (χ2n) is 9.86. The fourth-order valence-electron chi connectivity index (χ4n) is 4.94. The van der Waals surface area contributed by atoms with E-state index in [2.05, 4.69) is 99.3 Å². The largest absolute Gasteiger partial charge is 0.388 e. The zero-order valence-electron chi connectivity index (χ0n) is 22.1. The van der Waals surface area contributed by atoms with Gasteiger partial charge in [0.25, 0.3) is 0 Å². The van der Waals surface area contributed by atoms with Gasteiger partial charge in [0, 0.05) is 48.5 Å². The van der Waals surface area contributed by atoms with Crippen molar-refractivity contribution >= 4 is 16.9 Å². The normalized spacial score (nSPS) is 13.3. The lowest BCUT2D eigenvalue weighted by Gasteiger charge is -2.18. The third kappa shape index (κ3) is 6.18. The Morgan fingerprint density at radius 3 is 2.42 bits per heavy atom. The van der Waals surface area contributed by atoms with E-state index in [4.69, 9.17) is 0 Å². The van der Waals surface area contributed by atoms with Crippen molar-refractivity contribution in [1.29, 1.82) is 0 Å². The average molecular weight is 502 g/mol. The highest BCUT2D eigenvalue weighted by Gasteiger charge is 2.14. The van der Waals surface area contributed by atoms with E-state index in [0.717, 1.165) is 58.0 Å². The molecule has 2 aromatic heterocycles. The Hall–Kier alpha value is -4.22. The molecule has 3 heterocycles. The molecular formula is C33H35N5. The van der Waals surface area contributed by atoms with Crippen molar-refractivity contribution < 1.29 is 0 Å². The first-order valence-corrected chi connectivity index (χ1v) is 13.2. The zero-order chi connectivity index (χ0) is 26.3. The predicted octanol–water partition coefficient (Wildman–Crippen LogP) is 7.01. The molecule has 0 unspecified atom stereocenters. The minimum Gasteiger partial charge on any atom is -0.388 e. The second kappa shape index (κ2) is 11.9. The molecule has 0 aliphatic carbocycles. The van der Waals surface area contributed by atoms with E-state index in [1.165, 1.54) is 37.1 Å². The predicted molar refractivity (Wildman–Crippen MR) is 159 cm³/mol. The maximum Gasteiger partial charge on any atom is 0.0570 e. The summed E-state index contributed by atoms with van der Waals surface area (Å²) >= 11 is 0.